The van der Waals surface area contributed by atoms with Crippen molar-refractivity contribution in [2.45, 2.75) is 17.8 Å². The molecule has 2 aromatic carbocycles. The fraction of sp³-hybridized carbons (Fsp3) is 0.188. The molecule has 0 saturated carbocycles. The molecule has 0 spiro atoms. The van der Waals surface area contributed by atoms with Crippen molar-refractivity contribution in [3.63, 3.8) is 0 Å². The predicted octanol–water partition coefficient (Wildman–Crippen LogP) is 2.13. The predicted molar refractivity (Wildman–Crippen MR) is 77.7 cm³/mol. The number of aliphatic hydroxyl groups excluding tert-OH is 1. The fourth-order valence-electron chi connectivity index (χ4n) is 1.84. The number of carbonyl (C=O) groups is 1. The van der Waals surface area contributed by atoms with Crippen molar-refractivity contribution in [3.8, 4) is 0 Å². The molecule has 0 amide bonds. The Morgan fingerprint density at radius 3 is 2.05 bits per heavy atom. The van der Waals surface area contributed by atoms with Gasteiger partial charge in [-0.1, -0.05) is 0 Å². The standard InChI is InChI=1S/C16H16O2Se/c1-12(17)16(19-14-10-6-3-7-11-14)15(18)13-8-4-2-5-9-13/h2-11,15-16,18H,1H3/t15-,16+/m1/s1. The zero-order valence-corrected chi connectivity index (χ0v) is 12.4. The Hall–Kier alpha value is -1.41. The summed E-state index contributed by atoms with van der Waals surface area (Å²) >= 11 is -0.0671. The minimum absolute atomic E-state index is 0.0419. The summed E-state index contributed by atoms with van der Waals surface area (Å²) in [5.41, 5.74) is 0.806. The van der Waals surface area contributed by atoms with Gasteiger partial charge in [-0.2, -0.15) is 0 Å². The van der Waals surface area contributed by atoms with Gasteiger partial charge in [0.1, 0.15) is 0 Å². The van der Waals surface area contributed by atoms with E-state index in [0.717, 1.165) is 10.0 Å². The van der Waals surface area contributed by atoms with Crippen molar-refractivity contribution in [1.82, 2.24) is 0 Å². The van der Waals surface area contributed by atoms with E-state index in [0.29, 0.717) is 0 Å². The van der Waals surface area contributed by atoms with Crippen molar-refractivity contribution in [2.75, 3.05) is 0 Å². The summed E-state index contributed by atoms with van der Waals surface area (Å²) in [6.45, 7) is 1.56. The Morgan fingerprint density at radius 2 is 1.53 bits per heavy atom. The van der Waals surface area contributed by atoms with Crippen molar-refractivity contribution in [2.24, 2.45) is 0 Å². The fourth-order valence-corrected chi connectivity index (χ4v) is 4.06. The molecule has 2 aromatic rings. The summed E-state index contributed by atoms with van der Waals surface area (Å²) in [7, 11) is 0. The van der Waals surface area contributed by atoms with E-state index in [1.54, 1.807) is 6.92 Å². The maximum absolute atomic E-state index is 11.8. The van der Waals surface area contributed by atoms with Gasteiger partial charge in [0.2, 0.25) is 0 Å². The number of hydrogen-bond donors (Lipinski definition) is 1. The van der Waals surface area contributed by atoms with Gasteiger partial charge in [0, 0.05) is 0 Å². The maximum atomic E-state index is 11.8. The van der Waals surface area contributed by atoms with Crippen LogP contribution in [0.2, 0.25) is 4.82 Å². The van der Waals surface area contributed by atoms with E-state index in [9.17, 15) is 9.90 Å². The van der Waals surface area contributed by atoms with Gasteiger partial charge in [0.05, 0.1) is 0 Å². The molecule has 0 radical (unpaired) electrons. The molecule has 2 rings (SSSR count). The average Bonchev–Trinajstić information content (AvgIpc) is 2.46. The van der Waals surface area contributed by atoms with E-state index in [2.05, 4.69) is 0 Å². The van der Waals surface area contributed by atoms with E-state index < -0.39 is 6.10 Å². The molecule has 0 aliphatic rings. The SMILES string of the molecule is CC(=O)[C@H]([Se]c1ccccc1)[C@H](O)c1ccccc1. The molecular weight excluding hydrogens is 303 g/mol. The molecule has 0 aliphatic heterocycles. The van der Waals surface area contributed by atoms with Crippen LogP contribution in [0.15, 0.2) is 60.7 Å². The van der Waals surface area contributed by atoms with Gasteiger partial charge in [-0.25, -0.2) is 0 Å². The van der Waals surface area contributed by atoms with Gasteiger partial charge in [0.25, 0.3) is 0 Å². The van der Waals surface area contributed by atoms with Gasteiger partial charge < -0.3 is 0 Å². The molecule has 98 valence electrons. The van der Waals surface area contributed by atoms with Gasteiger partial charge in [-0.15, -0.1) is 0 Å². The molecule has 2 atom stereocenters. The first-order chi connectivity index (χ1) is 9.18. The molecule has 0 heterocycles. The molecule has 0 aromatic heterocycles. The molecular formula is C16H16O2Se. The Kier molecular flexibility index (Phi) is 4.92. The van der Waals surface area contributed by atoms with Crippen molar-refractivity contribution < 1.29 is 9.90 Å². The van der Waals surface area contributed by atoms with E-state index in [1.165, 1.54) is 0 Å². The number of rotatable bonds is 5. The number of Topliss-reactive ketones (excluding diaryl/α,β-unsaturated/α-hetero) is 1. The molecule has 0 aliphatic carbocycles. The molecule has 2 nitrogen and oxygen atoms in total. The number of benzene rings is 2. The second kappa shape index (κ2) is 6.67. The first-order valence-corrected chi connectivity index (χ1v) is 7.98. The summed E-state index contributed by atoms with van der Waals surface area (Å²) in [6.07, 6.45) is -0.723. The third-order valence-corrected chi connectivity index (χ3v) is 5.75. The van der Waals surface area contributed by atoms with Gasteiger partial charge in [0.15, 0.2) is 0 Å². The van der Waals surface area contributed by atoms with Crippen LogP contribution in [0.1, 0.15) is 18.6 Å². The third-order valence-electron chi connectivity index (χ3n) is 2.83. The third kappa shape index (κ3) is 3.77. The van der Waals surface area contributed by atoms with Crippen LogP contribution in [0.4, 0.5) is 0 Å². The van der Waals surface area contributed by atoms with Crippen LogP contribution in [0.3, 0.4) is 0 Å². The van der Waals surface area contributed by atoms with Crippen molar-refractivity contribution in [3.05, 3.63) is 66.2 Å². The Balaban J connectivity index is 2.19. The molecule has 0 bridgehead atoms. The summed E-state index contributed by atoms with van der Waals surface area (Å²) in [5, 5.41) is 10.4. The van der Waals surface area contributed by atoms with Crippen LogP contribution in [0, 0.1) is 0 Å². The van der Waals surface area contributed by atoms with Crippen molar-refractivity contribution >= 4 is 25.2 Å². The quantitative estimate of drug-likeness (QED) is 0.857. The van der Waals surface area contributed by atoms with E-state index in [4.69, 9.17) is 0 Å². The van der Waals surface area contributed by atoms with Crippen LogP contribution in [0.5, 0.6) is 0 Å². The molecule has 0 fully saturated rings. The number of aliphatic hydroxyl groups is 1. The van der Waals surface area contributed by atoms with Crippen LogP contribution >= 0.6 is 0 Å². The van der Waals surface area contributed by atoms with Crippen LogP contribution in [-0.4, -0.2) is 25.8 Å². The molecule has 3 heteroatoms. The topological polar surface area (TPSA) is 37.3 Å². The molecule has 19 heavy (non-hydrogen) atoms. The Bertz CT molecular complexity index is 525. The zero-order chi connectivity index (χ0) is 13.7. The van der Waals surface area contributed by atoms with Gasteiger partial charge >= 0.3 is 119 Å². The number of hydrogen-bond acceptors (Lipinski definition) is 2. The summed E-state index contributed by atoms with van der Waals surface area (Å²) < 4.78 is 1.13. The summed E-state index contributed by atoms with van der Waals surface area (Å²) in [4.78, 5) is 11.5. The number of ketones is 1. The summed E-state index contributed by atoms with van der Waals surface area (Å²) in [6, 6.07) is 19.3. The Morgan fingerprint density at radius 1 is 1.00 bits per heavy atom. The first-order valence-electron chi connectivity index (χ1n) is 6.13. The molecule has 1 N–H and O–H groups in total. The number of carbonyl (C=O) groups excluding carboxylic acids is 1. The van der Waals surface area contributed by atoms with Crippen molar-refractivity contribution in [1.29, 1.82) is 0 Å². The van der Waals surface area contributed by atoms with Gasteiger partial charge in [-0.05, 0) is 0 Å². The first kappa shape index (κ1) is 14.0. The normalized spacial score (nSPS) is 13.8. The summed E-state index contributed by atoms with van der Waals surface area (Å²) in [5.74, 6) is 0.0419. The van der Waals surface area contributed by atoms with Gasteiger partial charge in [-0.3, -0.25) is 0 Å². The molecule has 0 saturated heterocycles. The minimum atomic E-state index is -0.723. The van der Waals surface area contributed by atoms with E-state index in [-0.39, 0.29) is 25.6 Å². The van der Waals surface area contributed by atoms with Crippen LogP contribution in [-0.2, 0) is 4.79 Å². The van der Waals surface area contributed by atoms with Crippen LogP contribution < -0.4 is 4.46 Å². The van der Waals surface area contributed by atoms with Crippen LogP contribution in [0.25, 0.3) is 0 Å². The van der Waals surface area contributed by atoms with E-state index in [1.807, 2.05) is 60.7 Å². The molecule has 0 unspecified atom stereocenters. The average molecular weight is 319 g/mol. The zero-order valence-electron chi connectivity index (χ0n) is 10.7. The Labute approximate surface area is 119 Å². The second-order valence-corrected chi connectivity index (χ2v) is 6.87. The second-order valence-electron chi connectivity index (χ2n) is 4.32. The van der Waals surface area contributed by atoms with E-state index >= 15 is 0 Å². The monoisotopic (exact) mass is 320 g/mol.